The second-order valence-electron chi connectivity index (χ2n) is 7.72. The van der Waals surface area contributed by atoms with Gasteiger partial charge in [0.2, 0.25) is 5.95 Å². The van der Waals surface area contributed by atoms with E-state index in [4.69, 9.17) is 26.8 Å². The van der Waals surface area contributed by atoms with Crippen LogP contribution in [0.3, 0.4) is 0 Å². The van der Waals surface area contributed by atoms with Crippen LogP contribution in [0.25, 0.3) is 0 Å². The van der Waals surface area contributed by atoms with Gasteiger partial charge in [-0.1, -0.05) is 11.6 Å². The number of nitrogens with two attached hydrogens (primary N) is 1. The van der Waals surface area contributed by atoms with Crippen molar-refractivity contribution in [3.05, 3.63) is 41.2 Å². The normalized spacial score (nSPS) is 18.8. The van der Waals surface area contributed by atoms with Gasteiger partial charge in [0, 0.05) is 45.2 Å². The Balaban J connectivity index is 1.46. The number of piperidine rings is 1. The van der Waals surface area contributed by atoms with Crippen LogP contribution in [-0.4, -0.2) is 73.3 Å². The topological polar surface area (TPSA) is 115 Å². The number of hydrogen-bond donors (Lipinski definition) is 3. The minimum absolute atomic E-state index is 0.0957. The first-order valence-corrected chi connectivity index (χ1v) is 11.1. The number of benzene rings is 1. The quantitative estimate of drug-likeness (QED) is 0.364. The average molecular weight is 463 g/mol. The molecule has 1 fully saturated rings. The number of hydrogen-bond acceptors (Lipinski definition) is 8. The van der Waals surface area contributed by atoms with Crippen LogP contribution in [0.4, 0.5) is 11.6 Å². The van der Waals surface area contributed by atoms with E-state index in [2.05, 4.69) is 25.5 Å². The van der Waals surface area contributed by atoms with Gasteiger partial charge in [0.25, 0.3) is 5.91 Å². The number of amides is 1. The molecule has 0 radical (unpaired) electrons. The summed E-state index contributed by atoms with van der Waals surface area (Å²) in [4.78, 5) is 23.6. The number of nitrogen functional groups attached to an aromatic ring is 1. The molecular formula is C22H31ClN6O3. The number of methoxy groups -OCH3 is 2. The van der Waals surface area contributed by atoms with Crippen molar-refractivity contribution >= 4 is 29.1 Å². The zero-order valence-corrected chi connectivity index (χ0v) is 19.3. The Hall–Kier alpha value is -2.62. The van der Waals surface area contributed by atoms with Crippen LogP contribution in [0.1, 0.15) is 29.6 Å². The highest BCUT2D eigenvalue weighted by atomic mass is 35.5. The van der Waals surface area contributed by atoms with Crippen LogP contribution in [0.2, 0.25) is 5.02 Å². The molecule has 0 saturated carbocycles. The summed E-state index contributed by atoms with van der Waals surface area (Å²) in [5.41, 5.74) is 6.55. The zero-order valence-electron chi connectivity index (χ0n) is 18.5. The molecule has 1 aromatic heterocycles. The standard InChI is InChI=1S/C22H31ClN6O3/c1-31-19-13-17(24)16(23)12-15(19)21(30)28-18-6-11-29(14-20(18)32-2)10-4-3-7-25-22-26-8-5-9-27-22/h5,8-9,12-13,18,20H,3-4,6-7,10-11,14,24H2,1-2H3,(H,28,30)(H,25,26,27)/t18-,20+/m1/s1. The minimum atomic E-state index is -0.251. The van der Waals surface area contributed by atoms with E-state index in [1.165, 1.54) is 13.2 Å². The first kappa shape index (κ1) is 24.0. The number of unbranched alkanes of at least 4 members (excludes halogenated alkanes) is 1. The molecule has 0 aliphatic carbocycles. The number of halogens is 1. The number of anilines is 2. The molecule has 0 unspecified atom stereocenters. The average Bonchev–Trinajstić information content (AvgIpc) is 2.81. The number of likely N-dealkylation sites (tertiary alicyclic amines) is 1. The van der Waals surface area contributed by atoms with E-state index in [1.807, 2.05) is 0 Å². The molecule has 2 aromatic rings. The van der Waals surface area contributed by atoms with E-state index in [-0.39, 0.29) is 18.1 Å². The molecule has 1 aromatic carbocycles. The Kier molecular flexibility index (Phi) is 8.90. The fraction of sp³-hybridized carbons (Fsp3) is 0.500. The maximum absolute atomic E-state index is 12.9. The smallest absolute Gasteiger partial charge is 0.255 e. The fourth-order valence-electron chi connectivity index (χ4n) is 3.80. The van der Waals surface area contributed by atoms with Crippen molar-refractivity contribution in [3.63, 3.8) is 0 Å². The van der Waals surface area contributed by atoms with Gasteiger partial charge in [-0.15, -0.1) is 0 Å². The van der Waals surface area contributed by atoms with Gasteiger partial charge in [-0.2, -0.15) is 0 Å². The molecule has 0 bridgehead atoms. The maximum Gasteiger partial charge on any atom is 0.255 e. The van der Waals surface area contributed by atoms with Crippen LogP contribution < -0.4 is 21.1 Å². The molecule has 1 aliphatic heterocycles. The number of nitrogens with zero attached hydrogens (tertiary/aromatic N) is 3. The van der Waals surface area contributed by atoms with Gasteiger partial charge in [-0.3, -0.25) is 4.79 Å². The van der Waals surface area contributed by atoms with E-state index in [0.29, 0.717) is 28.0 Å². The molecule has 174 valence electrons. The third kappa shape index (κ3) is 6.44. The SMILES string of the molecule is COc1cc(N)c(Cl)cc1C(=O)N[C@@H]1CCN(CCCCNc2ncccn2)C[C@@H]1OC. The lowest BCUT2D eigenvalue weighted by Crippen LogP contribution is -2.54. The Morgan fingerprint density at radius 3 is 2.78 bits per heavy atom. The van der Waals surface area contributed by atoms with Gasteiger partial charge < -0.3 is 30.7 Å². The highest BCUT2D eigenvalue weighted by Gasteiger charge is 2.31. The zero-order chi connectivity index (χ0) is 22.9. The van der Waals surface area contributed by atoms with Crippen LogP contribution in [-0.2, 0) is 4.74 Å². The highest BCUT2D eigenvalue weighted by molar-refractivity contribution is 6.33. The maximum atomic E-state index is 12.9. The predicted molar refractivity (Wildman–Crippen MR) is 125 cm³/mol. The molecule has 1 amide bonds. The third-order valence-electron chi connectivity index (χ3n) is 5.58. The molecule has 4 N–H and O–H groups in total. The van der Waals surface area contributed by atoms with Gasteiger partial charge in [-0.05, 0) is 37.9 Å². The van der Waals surface area contributed by atoms with Crippen molar-refractivity contribution in [3.8, 4) is 5.75 Å². The number of carbonyl (C=O) groups is 1. The first-order valence-electron chi connectivity index (χ1n) is 10.7. The summed E-state index contributed by atoms with van der Waals surface area (Å²) in [6, 6.07) is 4.80. The predicted octanol–water partition coefficient (Wildman–Crippen LogP) is 2.43. The Morgan fingerprint density at radius 2 is 2.06 bits per heavy atom. The lowest BCUT2D eigenvalue weighted by atomic mass is 10.0. The highest BCUT2D eigenvalue weighted by Crippen LogP contribution is 2.29. The molecule has 9 nitrogen and oxygen atoms in total. The van der Waals surface area contributed by atoms with Gasteiger partial charge in [0.1, 0.15) is 5.75 Å². The lowest BCUT2D eigenvalue weighted by molar-refractivity contribution is 0.00606. The van der Waals surface area contributed by atoms with Crippen molar-refractivity contribution in [2.24, 2.45) is 0 Å². The van der Waals surface area contributed by atoms with Gasteiger partial charge in [-0.25, -0.2) is 9.97 Å². The van der Waals surface area contributed by atoms with Crippen molar-refractivity contribution in [1.29, 1.82) is 0 Å². The molecule has 10 heteroatoms. The fourth-order valence-corrected chi connectivity index (χ4v) is 3.96. The van der Waals surface area contributed by atoms with Crippen molar-refractivity contribution in [2.75, 3.05) is 51.4 Å². The van der Waals surface area contributed by atoms with E-state index in [9.17, 15) is 4.79 Å². The Labute approximate surface area is 193 Å². The summed E-state index contributed by atoms with van der Waals surface area (Å²) in [5.74, 6) is 0.797. The van der Waals surface area contributed by atoms with Crippen molar-refractivity contribution in [2.45, 2.75) is 31.4 Å². The molecule has 1 aliphatic rings. The molecule has 2 atom stereocenters. The van der Waals surface area contributed by atoms with Gasteiger partial charge >= 0.3 is 0 Å². The molecule has 3 rings (SSSR count). The van der Waals surface area contributed by atoms with Crippen LogP contribution >= 0.6 is 11.6 Å². The van der Waals surface area contributed by atoms with Crippen LogP contribution in [0.15, 0.2) is 30.6 Å². The van der Waals surface area contributed by atoms with Crippen LogP contribution in [0, 0.1) is 0 Å². The number of rotatable bonds is 10. The van der Waals surface area contributed by atoms with Crippen LogP contribution in [0.5, 0.6) is 5.75 Å². The monoisotopic (exact) mass is 462 g/mol. The van der Waals surface area contributed by atoms with Gasteiger partial charge in [0.05, 0.1) is 35.5 Å². The van der Waals surface area contributed by atoms with E-state index in [0.717, 1.165) is 45.4 Å². The molecule has 1 saturated heterocycles. The summed E-state index contributed by atoms with van der Waals surface area (Å²) in [6.07, 6.45) is 6.21. The summed E-state index contributed by atoms with van der Waals surface area (Å²) < 4.78 is 11.0. The first-order chi connectivity index (χ1) is 15.5. The minimum Gasteiger partial charge on any atom is -0.496 e. The Bertz CT molecular complexity index is 885. The lowest BCUT2D eigenvalue weighted by Gasteiger charge is -2.38. The molecular weight excluding hydrogens is 432 g/mol. The van der Waals surface area contributed by atoms with Crippen molar-refractivity contribution < 1.29 is 14.3 Å². The largest absolute Gasteiger partial charge is 0.496 e. The summed E-state index contributed by atoms with van der Waals surface area (Å²) in [6.45, 7) is 3.45. The van der Waals surface area contributed by atoms with E-state index < -0.39 is 0 Å². The van der Waals surface area contributed by atoms with E-state index >= 15 is 0 Å². The summed E-state index contributed by atoms with van der Waals surface area (Å²) in [5, 5.41) is 6.62. The molecule has 32 heavy (non-hydrogen) atoms. The number of nitrogens with one attached hydrogen (secondary N) is 2. The Morgan fingerprint density at radius 1 is 1.28 bits per heavy atom. The van der Waals surface area contributed by atoms with Gasteiger partial charge in [0.15, 0.2) is 0 Å². The summed E-state index contributed by atoms with van der Waals surface area (Å²) >= 11 is 6.11. The number of carbonyl (C=O) groups excluding carboxylic acids is 1. The number of aromatic nitrogens is 2. The van der Waals surface area contributed by atoms with Crippen molar-refractivity contribution in [1.82, 2.24) is 20.2 Å². The summed E-state index contributed by atoms with van der Waals surface area (Å²) in [7, 11) is 3.18. The number of ether oxygens (including phenoxy) is 2. The van der Waals surface area contributed by atoms with E-state index in [1.54, 1.807) is 31.6 Å². The second kappa shape index (κ2) is 11.8. The molecule has 2 heterocycles. The second-order valence-corrected chi connectivity index (χ2v) is 8.13. The third-order valence-corrected chi connectivity index (χ3v) is 5.90. The molecule has 0 spiro atoms.